The Hall–Kier alpha value is -3.19. The van der Waals surface area contributed by atoms with E-state index in [0.717, 1.165) is 40.3 Å². The highest BCUT2D eigenvalue weighted by atomic mass is 32.1. The molecule has 5 rings (SSSR count). The van der Waals surface area contributed by atoms with Gasteiger partial charge in [0.15, 0.2) is 10.5 Å². The van der Waals surface area contributed by atoms with Crippen molar-refractivity contribution in [3.05, 3.63) is 86.6 Å². The fourth-order valence-corrected chi connectivity index (χ4v) is 5.50. The molecule has 1 fully saturated rings. The van der Waals surface area contributed by atoms with Crippen LogP contribution in [0.1, 0.15) is 37.4 Å². The average molecular weight is 449 g/mol. The van der Waals surface area contributed by atoms with Crippen LogP contribution in [0.25, 0.3) is 16.9 Å². The highest BCUT2D eigenvalue weighted by Gasteiger charge is 2.23. The van der Waals surface area contributed by atoms with E-state index < -0.39 is 0 Å². The minimum absolute atomic E-state index is 0.133. The number of halogens is 1. The molecule has 0 N–H and O–H groups in total. The van der Waals surface area contributed by atoms with E-state index in [2.05, 4.69) is 9.95 Å². The highest BCUT2D eigenvalue weighted by molar-refractivity contribution is 7.07. The first-order valence-electron chi connectivity index (χ1n) is 10.9. The maximum absolute atomic E-state index is 13.5. The number of hydrogen-bond donors (Lipinski definition) is 0. The van der Waals surface area contributed by atoms with Crippen molar-refractivity contribution in [1.29, 1.82) is 0 Å². The maximum atomic E-state index is 13.5. The lowest BCUT2D eigenvalue weighted by atomic mass is 10.1. The lowest BCUT2D eigenvalue weighted by Gasteiger charge is -2.16. The second-order valence-electron chi connectivity index (χ2n) is 8.24. The zero-order valence-corrected chi connectivity index (χ0v) is 19.0. The van der Waals surface area contributed by atoms with Gasteiger partial charge in [0, 0.05) is 18.5 Å². The molecule has 2 aromatic carbocycles. The van der Waals surface area contributed by atoms with Crippen LogP contribution in [0.15, 0.2) is 69.8 Å². The maximum Gasteiger partial charge on any atom is 0.297 e. The third-order valence-corrected chi connectivity index (χ3v) is 7.14. The summed E-state index contributed by atoms with van der Waals surface area (Å²) in [4.78, 5) is 19.1. The van der Waals surface area contributed by atoms with E-state index in [1.165, 1.54) is 36.3 Å². The van der Waals surface area contributed by atoms with Crippen LogP contribution in [0.3, 0.4) is 0 Å². The summed E-state index contributed by atoms with van der Waals surface area (Å²) < 4.78 is 19.3. The molecule has 2 aromatic heterocycles. The van der Waals surface area contributed by atoms with Gasteiger partial charge in [-0.15, -0.1) is 11.3 Å². The minimum Gasteiger partial charge on any atom is -0.313 e. The van der Waals surface area contributed by atoms with Gasteiger partial charge < -0.3 is 4.57 Å². The van der Waals surface area contributed by atoms with E-state index in [0.29, 0.717) is 11.7 Å². The van der Waals surface area contributed by atoms with E-state index in [1.54, 1.807) is 4.68 Å². The molecule has 0 atom stereocenters. The summed E-state index contributed by atoms with van der Waals surface area (Å²) in [6.07, 6.45) is 4.53. The van der Waals surface area contributed by atoms with Gasteiger partial charge in [-0.1, -0.05) is 31.0 Å². The van der Waals surface area contributed by atoms with Crippen molar-refractivity contribution >= 4 is 17.0 Å². The fourth-order valence-electron chi connectivity index (χ4n) is 4.53. The average Bonchev–Trinajstić information content (AvgIpc) is 3.51. The third kappa shape index (κ3) is 3.56. The van der Waals surface area contributed by atoms with Crippen LogP contribution in [-0.2, 0) is 7.05 Å². The molecule has 0 radical (unpaired) electrons. The molecule has 32 heavy (non-hydrogen) atoms. The Bertz CT molecular complexity index is 1370. The Labute approximate surface area is 189 Å². The van der Waals surface area contributed by atoms with Crippen molar-refractivity contribution in [2.45, 2.75) is 38.6 Å². The van der Waals surface area contributed by atoms with Gasteiger partial charge in [0.05, 0.1) is 17.1 Å². The first-order valence-corrected chi connectivity index (χ1v) is 11.8. The molecule has 164 valence electrons. The van der Waals surface area contributed by atoms with Crippen LogP contribution >= 0.6 is 11.3 Å². The predicted molar refractivity (Wildman–Crippen MR) is 126 cm³/mol. The Kier molecular flexibility index (Phi) is 5.43. The number of para-hydroxylation sites is 1. The second kappa shape index (κ2) is 8.39. The molecule has 0 bridgehead atoms. The summed E-state index contributed by atoms with van der Waals surface area (Å²) in [5.41, 5.74) is 3.93. The molecule has 5 nitrogen and oxygen atoms in total. The number of nitrogens with zero attached hydrogens (tertiary/aromatic N) is 4. The van der Waals surface area contributed by atoms with E-state index in [4.69, 9.17) is 4.99 Å². The van der Waals surface area contributed by atoms with Crippen LogP contribution in [0.5, 0.6) is 0 Å². The van der Waals surface area contributed by atoms with Crippen molar-refractivity contribution in [1.82, 2.24) is 13.9 Å². The Morgan fingerprint density at radius 1 is 1.03 bits per heavy atom. The molecule has 7 heteroatoms. The fraction of sp³-hybridized carbons (Fsp3) is 0.280. The van der Waals surface area contributed by atoms with Gasteiger partial charge in [0.1, 0.15) is 5.82 Å². The van der Waals surface area contributed by atoms with Crippen molar-refractivity contribution in [2.75, 3.05) is 0 Å². The standard InChI is InChI=1S/C25H25FN4OS/c1-17-23(24(31)30(28(17)2)21-10-4-3-5-11-21)27-25-29(20-8-6-7-9-20)22(16-32-25)18-12-14-19(26)15-13-18/h3-5,10-16,20H,6-9H2,1-2H3. The largest absolute Gasteiger partial charge is 0.313 e. The summed E-state index contributed by atoms with van der Waals surface area (Å²) in [6, 6.07) is 16.5. The van der Waals surface area contributed by atoms with Crippen molar-refractivity contribution in [3.8, 4) is 16.9 Å². The molecule has 1 aliphatic carbocycles. The van der Waals surface area contributed by atoms with E-state index >= 15 is 0 Å². The number of hydrogen-bond acceptors (Lipinski definition) is 3. The van der Waals surface area contributed by atoms with Gasteiger partial charge in [-0.3, -0.25) is 9.48 Å². The number of benzene rings is 2. The van der Waals surface area contributed by atoms with Gasteiger partial charge in [0.25, 0.3) is 5.56 Å². The lowest BCUT2D eigenvalue weighted by molar-refractivity contribution is 0.512. The molecule has 0 aliphatic heterocycles. The summed E-state index contributed by atoms with van der Waals surface area (Å²) in [5.74, 6) is -0.248. The number of thiazole rings is 1. The van der Waals surface area contributed by atoms with Gasteiger partial charge >= 0.3 is 0 Å². The molecular weight excluding hydrogens is 423 g/mol. The highest BCUT2D eigenvalue weighted by Crippen LogP contribution is 2.33. The molecule has 1 saturated carbocycles. The zero-order chi connectivity index (χ0) is 22.2. The van der Waals surface area contributed by atoms with Gasteiger partial charge in [-0.2, -0.15) is 0 Å². The van der Waals surface area contributed by atoms with E-state index in [1.807, 2.05) is 61.1 Å². The Balaban J connectivity index is 1.70. The topological polar surface area (TPSA) is 44.2 Å². The molecule has 0 unspecified atom stereocenters. The smallest absolute Gasteiger partial charge is 0.297 e. The first kappa shape index (κ1) is 20.7. The van der Waals surface area contributed by atoms with Crippen molar-refractivity contribution < 1.29 is 4.39 Å². The Morgan fingerprint density at radius 3 is 2.41 bits per heavy atom. The van der Waals surface area contributed by atoms with Crippen LogP contribution in [0.2, 0.25) is 0 Å². The van der Waals surface area contributed by atoms with Gasteiger partial charge in [0.2, 0.25) is 0 Å². The predicted octanol–water partition coefficient (Wildman–Crippen LogP) is 5.50. The van der Waals surface area contributed by atoms with Crippen molar-refractivity contribution in [3.63, 3.8) is 0 Å². The van der Waals surface area contributed by atoms with Gasteiger partial charge in [-0.05, 0) is 61.7 Å². The SMILES string of the molecule is Cc1c(N=c2scc(-c3ccc(F)cc3)n2C2CCCC2)c(=O)n(-c2ccccc2)n1C. The summed E-state index contributed by atoms with van der Waals surface area (Å²) in [7, 11) is 1.88. The molecule has 2 heterocycles. The number of aromatic nitrogens is 3. The summed E-state index contributed by atoms with van der Waals surface area (Å²) in [5, 5.41) is 2.07. The molecule has 4 aromatic rings. The third-order valence-electron chi connectivity index (χ3n) is 6.30. The van der Waals surface area contributed by atoms with Crippen LogP contribution in [-0.4, -0.2) is 13.9 Å². The molecule has 1 aliphatic rings. The lowest BCUT2D eigenvalue weighted by Crippen LogP contribution is -2.21. The van der Waals surface area contributed by atoms with E-state index in [-0.39, 0.29) is 11.4 Å². The van der Waals surface area contributed by atoms with Crippen molar-refractivity contribution in [2.24, 2.45) is 12.0 Å². The first-order chi connectivity index (χ1) is 15.5. The minimum atomic E-state index is -0.248. The van der Waals surface area contributed by atoms with Crippen LogP contribution < -0.4 is 10.4 Å². The van der Waals surface area contributed by atoms with Crippen LogP contribution in [0.4, 0.5) is 10.1 Å². The zero-order valence-electron chi connectivity index (χ0n) is 18.2. The molecule has 0 spiro atoms. The summed E-state index contributed by atoms with van der Waals surface area (Å²) in [6.45, 7) is 1.92. The quantitative estimate of drug-likeness (QED) is 0.406. The molecule has 0 amide bonds. The monoisotopic (exact) mass is 448 g/mol. The van der Waals surface area contributed by atoms with Gasteiger partial charge in [-0.25, -0.2) is 14.1 Å². The second-order valence-corrected chi connectivity index (χ2v) is 9.08. The normalized spacial score (nSPS) is 15.0. The molecule has 0 saturated heterocycles. The van der Waals surface area contributed by atoms with Crippen LogP contribution in [0, 0.1) is 12.7 Å². The Morgan fingerprint density at radius 2 is 1.72 bits per heavy atom. The van der Waals surface area contributed by atoms with E-state index in [9.17, 15) is 9.18 Å². The summed E-state index contributed by atoms with van der Waals surface area (Å²) >= 11 is 1.53. The molecular formula is C25H25FN4OS. The number of rotatable bonds is 4.